The topological polar surface area (TPSA) is 55.6 Å². The lowest BCUT2D eigenvalue weighted by molar-refractivity contribution is -0.384. The summed E-state index contributed by atoms with van der Waals surface area (Å²) >= 11 is 0. The molecule has 5 nitrogen and oxygen atoms in total. The lowest BCUT2D eigenvalue weighted by atomic mass is 10.1. The second-order valence-electron chi connectivity index (χ2n) is 5.57. The minimum Gasteiger partial charge on any atom is -0.453 e. The standard InChI is InChI=1S/C20H14N2O3/c23-22(24)16-11-9-15(10-12-16)13-14-21-17-5-1-3-7-19(17)25-20-8-4-2-6-18(20)21/h1-14H/b14-13+. The molecule has 0 atom stereocenters. The van der Waals surface area contributed by atoms with Gasteiger partial charge in [-0.25, -0.2) is 0 Å². The van der Waals surface area contributed by atoms with Crippen LogP contribution in [0.4, 0.5) is 17.1 Å². The predicted molar refractivity (Wildman–Crippen MR) is 97.2 cm³/mol. The van der Waals surface area contributed by atoms with Crippen molar-refractivity contribution in [3.63, 3.8) is 0 Å². The molecule has 0 aliphatic carbocycles. The number of hydrogen-bond donors (Lipinski definition) is 0. The summed E-state index contributed by atoms with van der Waals surface area (Å²) in [5.74, 6) is 1.57. The summed E-state index contributed by atoms with van der Waals surface area (Å²) in [5, 5.41) is 10.8. The van der Waals surface area contributed by atoms with Gasteiger partial charge in [0.25, 0.3) is 5.69 Å². The van der Waals surface area contributed by atoms with Crippen molar-refractivity contribution in [2.75, 3.05) is 4.90 Å². The molecule has 0 radical (unpaired) electrons. The van der Waals surface area contributed by atoms with Crippen molar-refractivity contribution in [1.29, 1.82) is 0 Å². The van der Waals surface area contributed by atoms with Gasteiger partial charge in [-0.1, -0.05) is 24.3 Å². The molecule has 0 aromatic heterocycles. The maximum absolute atomic E-state index is 10.8. The van der Waals surface area contributed by atoms with Gasteiger partial charge >= 0.3 is 0 Å². The van der Waals surface area contributed by atoms with E-state index < -0.39 is 4.92 Å². The van der Waals surface area contributed by atoms with Gasteiger partial charge in [-0.05, 0) is 48.0 Å². The quantitative estimate of drug-likeness (QED) is 0.469. The minimum atomic E-state index is -0.401. The van der Waals surface area contributed by atoms with Crippen molar-refractivity contribution in [1.82, 2.24) is 0 Å². The molecule has 0 saturated carbocycles. The highest BCUT2D eigenvalue weighted by Gasteiger charge is 2.21. The number of fused-ring (bicyclic) bond motifs is 2. The van der Waals surface area contributed by atoms with E-state index in [1.54, 1.807) is 12.1 Å². The maximum atomic E-state index is 10.8. The molecule has 0 saturated heterocycles. The number of benzene rings is 3. The summed E-state index contributed by atoms with van der Waals surface area (Å²) in [6.07, 6.45) is 3.87. The molecule has 0 spiro atoms. The Morgan fingerprint density at radius 1 is 0.840 bits per heavy atom. The molecule has 3 aromatic carbocycles. The van der Waals surface area contributed by atoms with Gasteiger partial charge in [-0.2, -0.15) is 0 Å². The highest BCUT2D eigenvalue weighted by Crippen LogP contribution is 2.46. The smallest absolute Gasteiger partial charge is 0.269 e. The van der Waals surface area contributed by atoms with Crippen molar-refractivity contribution >= 4 is 23.1 Å². The van der Waals surface area contributed by atoms with Gasteiger partial charge in [0.15, 0.2) is 11.5 Å². The van der Waals surface area contributed by atoms with Crippen molar-refractivity contribution in [3.05, 3.63) is 94.7 Å². The van der Waals surface area contributed by atoms with Crippen molar-refractivity contribution in [2.24, 2.45) is 0 Å². The van der Waals surface area contributed by atoms with E-state index in [0.29, 0.717) is 0 Å². The van der Waals surface area contributed by atoms with E-state index in [1.807, 2.05) is 60.8 Å². The van der Waals surface area contributed by atoms with Crippen LogP contribution in [0.2, 0.25) is 0 Å². The van der Waals surface area contributed by atoms with Gasteiger partial charge in [0, 0.05) is 18.3 Å². The van der Waals surface area contributed by atoms with E-state index in [4.69, 9.17) is 4.74 Å². The van der Waals surface area contributed by atoms with Crippen LogP contribution in [0.3, 0.4) is 0 Å². The molecule has 5 heteroatoms. The number of hydrogen-bond acceptors (Lipinski definition) is 4. The second-order valence-corrected chi connectivity index (χ2v) is 5.57. The third-order valence-corrected chi connectivity index (χ3v) is 3.99. The Kier molecular flexibility index (Phi) is 3.67. The van der Waals surface area contributed by atoms with Gasteiger partial charge in [0.05, 0.1) is 16.3 Å². The van der Waals surface area contributed by atoms with E-state index >= 15 is 0 Å². The number of rotatable bonds is 3. The summed E-state index contributed by atoms with van der Waals surface area (Å²) in [4.78, 5) is 12.4. The zero-order valence-electron chi connectivity index (χ0n) is 13.2. The van der Waals surface area contributed by atoms with Crippen LogP contribution in [0.5, 0.6) is 11.5 Å². The summed E-state index contributed by atoms with van der Waals surface area (Å²) < 4.78 is 5.95. The van der Waals surface area contributed by atoms with Crippen LogP contribution in [0.15, 0.2) is 79.0 Å². The van der Waals surface area contributed by atoms with Gasteiger partial charge in [0.1, 0.15) is 0 Å². The summed E-state index contributed by atoms with van der Waals surface area (Å²) in [5.41, 5.74) is 2.85. The van der Waals surface area contributed by atoms with Crippen molar-refractivity contribution in [3.8, 4) is 11.5 Å². The molecule has 0 fully saturated rings. The number of nitro benzene ring substituents is 1. The first-order valence-corrected chi connectivity index (χ1v) is 7.80. The van der Waals surface area contributed by atoms with Crippen LogP contribution in [0, 0.1) is 10.1 Å². The fraction of sp³-hybridized carbons (Fsp3) is 0. The summed E-state index contributed by atoms with van der Waals surface area (Å²) in [6.45, 7) is 0. The number of nitrogens with zero attached hydrogens (tertiary/aromatic N) is 2. The lowest BCUT2D eigenvalue weighted by Crippen LogP contribution is -2.14. The first kappa shape index (κ1) is 15.0. The molecular formula is C20H14N2O3. The molecule has 3 aromatic rings. The van der Waals surface area contributed by atoms with Crippen LogP contribution < -0.4 is 9.64 Å². The molecule has 1 aliphatic heterocycles. The van der Waals surface area contributed by atoms with Crippen LogP contribution in [-0.2, 0) is 0 Å². The Bertz CT molecular complexity index is 919. The minimum absolute atomic E-state index is 0.0826. The first-order valence-electron chi connectivity index (χ1n) is 7.80. The molecule has 1 heterocycles. The Hall–Kier alpha value is -3.60. The average molecular weight is 330 g/mol. The first-order chi connectivity index (χ1) is 12.2. The van der Waals surface area contributed by atoms with Gasteiger partial charge < -0.3 is 9.64 Å². The van der Waals surface area contributed by atoms with Gasteiger partial charge in [-0.15, -0.1) is 0 Å². The lowest BCUT2D eigenvalue weighted by Gasteiger charge is -2.30. The van der Waals surface area contributed by atoms with E-state index in [0.717, 1.165) is 28.4 Å². The van der Waals surface area contributed by atoms with Crippen LogP contribution >= 0.6 is 0 Å². The molecular weight excluding hydrogens is 316 g/mol. The van der Waals surface area contributed by atoms with Crippen LogP contribution in [0.1, 0.15) is 5.56 Å². The molecule has 0 N–H and O–H groups in total. The number of para-hydroxylation sites is 4. The van der Waals surface area contributed by atoms with E-state index in [2.05, 4.69) is 4.90 Å². The SMILES string of the molecule is O=[N+]([O-])c1ccc(/C=C/N2c3ccccc3Oc3ccccc32)cc1. The van der Waals surface area contributed by atoms with Crippen molar-refractivity contribution < 1.29 is 9.66 Å². The molecule has 4 rings (SSSR count). The predicted octanol–water partition coefficient (Wildman–Crippen LogP) is 5.51. The molecule has 0 bridgehead atoms. The number of ether oxygens (including phenoxy) is 1. The van der Waals surface area contributed by atoms with E-state index in [9.17, 15) is 10.1 Å². The fourth-order valence-corrected chi connectivity index (χ4v) is 2.76. The molecule has 122 valence electrons. The Labute approximate surface area is 144 Å². The normalized spacial score (nSPS) is 12.4. The molecule has 1 aliphatic rings. The number of anilines is 2. The van der Waals surface area contributed by atoms with Crippen LogP contribution in [-0.4, -0.2) is 4.92 Å². The summed E-state index contributed by atoms with van der Waals surface area (Å²) in [6, 6.07) is 22.1. The van der Waals surface area contributed by atoms with Gasteiger partial charge in [0.2, 0.25) is 0 Å². The van der Waals surface area contributed by atoms with E-state index in [-0.39, 0.29) is 5.69 Å². The third kappa shape index (κ3) is 2.83. The Morgan fingerprint density at radius 2 is 1.40 bits per heavy atom. The second kappa shape index (κ2) is 6.13. The maximum Gasteiger partial charge on any atom is 0.269 e. The average Bonchev–Trinajstić information content (AvgIpc) is 2.65. The highest BCUT2D eigenvalue weighted by molar-refractivity contribution is 5.80. The monoisotopic (exact) mass is 330 g/mol. The van der Waals surface area contributed by atoms with Crippen molar-refractivity contribution in [2.45, 2.75) is 0 Å². The zero-order valence-corrected chi connectivity index (χ0v) is 13.2. The zero-order chi connectivity index (χ0) is 17.2. The number of non-ortho nitro benzene ring substituents is 1. The number of nitro groups is 1. The fourth-order valence-electron chi connectivity index (χ4n) is 2.76. The summed E-state index contributed by atoms with van der Waals surface area (Å²) in [7, 11) is 0. The van der Waals surface area contributed by atoms with Gasteiger partial charge in [-0.3, -0.25) is 10.1 Å². The molecule has 0 amide bonds. The third-order valence-electron chi connectivity index (χ3n) is 3.99. The molecule has 25 heavy (non-hydrogen) atoms. The largest absolute Gasteiger partial charge is 0.453 e. The van der Waals surface area contributed by atoms with Crippen LogP contribution in [0.25, 0.3) is 6.08 Å². The Balaban J connectivity index is 1.71. The molecule has 0 unspecified atom stereocenters. The Morgan fingerprint density at radius 3 is 1.96 bits per heavy atom. The van der Waals surface area contributed by atoms with E-state index in [1.165, 1.54) is 12.1 Å². The highest BCUT2D eigenvalue weighted by atomic mass is 16.6.